The molecule has 0 fully saturated rings. The maximum absolute atomic E-state index is 10.9. The lowest BCUT2D eigenvalue weighted by Gasteiger charge is -2.16. The number of nitrogens with one attached hydrogen (secondary N) is 1. The van der Waals surface area contributed by atoms with Crippen LogP contribution in [0.15, 0.2) is 36.7 Å². The fourth-order valence-electron chi connectivity index (χ4n) is 2.22. The van der Waals surface area contributed by atoms with E-state index in [1.54, 1.807) is 24.5 Å². The zero-order valence-corrected chi connectivity index (χ0v) is 13.8. The Kier molecular flexibility index (Phi) is 6.21. The Bertz CT molecular complexity index is 695. The molecule has 0 bridgehead atoms. The Morgan fingerprint density at radius 3 is 2.74 bits per heavy atom. The van der Waals surface area contributed by atoms with Crippen LogP contribution in [0.25, 0.3) is 0 Å². The Morgan fingerprint density at radius 1 is 1.30 bits per heavy atom. The standard InChI is InChI=1S/C16H17Cl2N3O2/c17-13-2-1-10(12(7-19)6-16(22)23)5-15(13)21-8-11-3-4-20-9-14(11)18/h1-5,9,12,21H,6-8,19H2,(H,22,23)/t12-/m0/s1. The third-order valence-electron chi connectivity index (χ3n) is 3.49. The Balaban J connectivity index is 2.17. The Labute approximate surface area is 144 Å². The van der Waals surface area contributed by atoms with Crippen molar-refractivity contribution in [1.29, 1.82) is 0 Å². The van der Waals surface area contributed by atoms with E-state index in [1.165, 1.54) is 0 Å². The fraction of sp³-hybridized carbons (Fsp3) is 0.250. The molecule has 4 N–H and O–H groups in total. The summed E-state index contributed by atoms with van der Waals surface area (Å²) in [6, 6.07) is 7.18. The van der Waals surface area contributed by atoms with E-state index in [-0.39, 0.29) is 18.9 Å². The molecular formula is C16H17Cl2N3O2. The van der Waals surface area contributed by atoms with Gasteiger partial charge in [-0.3, -0.25) is 9.78 Å². The van der Waals surface area contributed by atoms with Crippen molar-refractivity contribution in [2.45, 2.75) is 18.9 Å². The van der Waals surface area contributed by atoms with Crippen LogP contribution in [0.4, 0.5) is 5.69 Å². The van der Waals surface area contributed by atoms with Crippen molar-refractivity contribution in [2.24, 2.45) is 5.73 Å². The number of rotatable bonds is 7. The molecule has 7 heteroatoms. The van der Waals surface area contributed by atoms with Crippen LogP contribution >= 0.6 is 23.2 Å². The van der Waals surface area contributed by atoms with Gasteiger partial charge >= 0.3 is 5.97 Å². The first-order valence-corrected chi connectivity index (χ1v) is 7.80. The molecule has 1 aromatic heterocycles. The normalized spacial score (nSPS) is 12.0. The third-order valence-corrected chi connectivity index (χ3v) is 4.16. The second kappa shape index (κ2) is 8.15. The van der Waals surface area contributed by atoms with Crippen molar-refractivity contribution in [2.75, 3.05) is 11.9 Å². The van der Waals surface area contributed by atoms with E-state index in [0.29, 0.717) is 22.3 Å². The van der Waals surface area contributed by atoms with Crippen LogP contribution in [0.1, 0.15) is 23.5 Å². The predicted octanol–water partition coefficient (Wildman–Crippen LogP) is 3.52. The van der Waals surface area contributed by atoms with Crippen molar-refractivity contribution in [1.82, 2.24) is 4.98 Å². The smallest absolute Gasteiger partial charge is 0.304 e. The maximum Gasteiger partial charge on any atom is 0.304 e. The molecule has 5 nitrogen and oxygen atoms in total. The number of carbonyl (C=O) groups is 1. The third kappa shape index (κ3) is 4.82. The molecule has 1 atom stereocenters. The highest BCUT2D eigenvalue weighted by Crippen LogP contribution is 2.29. The average molecular weight is 354 g/mol. The second-order valence-electron chi connectivity index (χ2n) is 5.09. The van der Waals surface area contributed by atoms with Gasteiger partial charge in [0.2, 0.25) is 0 Å². The SMILES string of the molecule is NC[C@H](CC(=O)O)c1ccc(Cl)c(NCc2ccncc2Cl)c1. The number of nitrogens with two attached hydrogens (primary N) is 1. The Hall–Kier alpha value is -1.82. The molecule has 2 aromatic rings. The molecule has 2 rings (SSSR count). The zero-order valence-electron chi connectivity index (χ0n) is 12.3. The minimum atomic E-state index is -0.881. The van der Waals surface area contributed by atoms with Crippen molar-refractivity contribution in [3.63, 3.8) is 0 Å². The zero-order chi connectivity index (χ0) is 16.8. The van der Waals surface area contributed by atoms with E-state index in [1.807, 2.05) is 12.1 Å². The summed E-state index contributed by atoms with van der Waals surface area (Å²) >= 11 is 12.3. The molecule has 0 unspecified atom stereocenters. The highest BCUT2D eigenvalue weighted by atomic mass is 35.5. The molecule has 1 heterocycles. The highest BCUT2D eigenvalue weighted by Gasteiger charge is 2.15. The van der Waals surface area contributed by atoms with Crippen LogP contribution in [0.5, 0.6) is 0 Å². The van der Waals surface area contributed by atoms with E-state index in [9.17, 15) is 4.79 Å². The number of halogens is 2. The van der Waals surface area contributed by atoms with Gasteiger partial charge in [0, 0.05) is 24.9 Å². The van der Waals surface area contributed by atoms with E-state index in [2.05, 4.69) is 10.3 Å². The number of aliphatic carboxylic acids is 1. The van der Waals surface area contributed by atoms with Gasteiger partial charge in [0.05, 0.1) is 22.2 Å². The topological polar surface area (TPSA) is 88.2 Å². The minimum absolute atomic E-state index is 0.0201. The van der Waals surface area contributed by atoms with Gasteiger partial charge in [-0.15, -0.1) is 0 Å². The van der Waals surface area contributed by atoms with Gasteiger partial charge in [0.25, 0.3) is 0 Å². The first-order chi connectivity index (χ1) is 11.0. The molecule has 122 valence electrons. The molecule has 0 saturated carbocycles. The van der Waals surface area contributed by atoms with Gasteiger partial charge in [-0.05, 0) is 35.9 Å². The van der Waals surface area contributed by atoms with E-state index >= 15 is 0 Å². The Morgan fingerprint density at radius 2 is 2.09 bits per heavy atom. The molecule has 1 aromatic carbocycles. The maximum atomic E-state index is 10.9. The number of nitrogens with zero attached hydrogens (tertiary/aromatic N) is 1. The number of carboxylic acids is 1. The van der Waals surface area contributed by atoms with E-state index in [4.69, 9.17) is 34.0 Å². The minimum Gasteiger partial charge on any atom is -0.481 e. The van der Waals surface area contributed by atoms with Gasteiger partial charge < -0.3 is 16.2 Å². The summed E-state index contributed by atoms with van der Waals surface area (Å²) in [5.41, 5.74) is 8.12. The molecule has 0 spiro atoms. The van der Waals surface area contributed by atoms with Crippen molar-refractivity contribution < 1.29 is 9.90 Å². The summed E-state index contributed by atoms with van der Waals surface area (Å²) in [5.74, 6) is -1.14. The quantitative estimate of drug-likeness (QED) is 0.708. The molecule has 0 aliphatic heterocycles. The lowest BCUT2D eigenvalue weighted by molar-refractivity contribution is -0.137. The summed E-state index contributed by atoms with van der Waals surface area (Å²) in [7, 11) is 0. The first kappa shape index (κ1) is 17.5. The summed E-state index contributed by atoms with van der Waals surface area (Å²) < 4.78 is 0. The lowest BCUT2D eigenvalue weighted by atomic mass is 9.95. The highest BCUT2D eigenvalue weighted by molar-refractivity contribution is 6.33. The summed E-state index contributed by atoms with van der Waals surface area (Å²) in [4.78, 5) is 14.9. The number of carboxylic acid groups (broad SMARTS) is 1. The molecule has 0 aliphatic carbocycles. The number of hydrogen-bond acceptors (Lipinski definition) is 4. The van der Waals surface area contributed by atoms with Gasteiger partial charge in [-0.1, -0.05) is 29.3 Å². The van der Waals surface area contributed by atoms with Crippen LogP contribution < -0.4 is 11.1 Å². The molecule has 23 heavy (non-hydrogen) atoms. The predicted molar refractivity (Wildman–Crippen MR) is 92.1 cm³/mol. The number of pyridine rings is 1. The first-order valence-electron chi connectivity index (χ1n) is 7.04. The van der Waals surface area contributed by atoms with Crippen molar-refractivity contribution in [3.8, 4) is 0 Å². The van der Waals surface area contributed by atoms with Crippen LogP contribution in [0, 0.1) is 0 Å². The van der Waals surface area contributed by atoms with Crippen LogP contribution in [-0.2, 0) is 11.3 Å². The number of hydrogen-bond donors (Lipinski definition) is 3. The fourth-order valence-corrected chi connectivity index (χ4v) is 2.59. The number of benzene rings is 1. The summed E-state index contributed by atoms with van der Waals surface area (Å²) in [5, 5.41) is 13.3. The number of aromatic nitrogens is 1. The van der Waals surface area contributed by atoms with Gasteiger partial charge in [-0.2, -0.15) is 0 Å². The van der Waals surface area contributed by atoms with Crippen LogP contribution in [0.2, 0.25) is 10.0 Å². The summed E-state index contributed by atoms with van der Waals surface area (Å²) in [6.07, 6.45) is 3.22. The number of anilines is 1. The van der Waals surface area contributed by atoms with Gasteiger partial charge in [-0.25, -0.2) is 0 Å². The average Bonchev–Trinajstić information content (AvgIpc) is 2.53. The molecule has 0 saturated heterocycles. The largest absolute Gasteiger partial charge is 0.481 e. The second-order valence-corrected chi connectivity index (χ2v) is 5.90. The molecular weight excluding hydrogens is 337 g/mol. The van der Waals surface area contributed by atoms with Crippen LogP contribution in [-0.4, -0.2) is 22.6 Å². The summed E-state index contributed by atoms with van der Waals surface area (Å²) in [6.45, 7) is 0.736. The molecule has 0 amide bonds. The van der Waals surface area contributed by atoms with Crippen LogP contribution in [0.3, 0.4) is 0 Å². The van der Waals surface area contributed by atoms with Gasteiger partial charge in [0.15, 0.2) is 0 Å². The van der Waals surface area contributed by atoms with Crippen molar-refractivity contribution >= 4 is 34.9 Å². The van der Waals surface area contributed by atoms with Crippen molar-refractivity contribution in [3.05, 3.63) is 57.8 Å². The molecule has 0 radical (unpaired) electrons. The monoisotopic (exact) mass is 353 g/mol. The van der Waals surface area contributed by atoms with E-state index < -0.39 is 5.97 Å². The lowest BCUT2D eigenvalue weighted by Crippen LogP contribution is -2.16. The van der Waals surface area contributed by atoms with E-state index in [0.717, 1.165) is 11.1 Å². The molecule has 0 aliphatic rings. The van der Waals surface area contributed by atoms with Gasteiger partial charge in [0.1, 0.15) is 0 Å².